The van der Waals surface area contributed by atoms with Crippen molar-refractivity contribution in [2.75, 3.05) is 39.4 Å². The lowest BCUT2D eigenvalue weighted by atomic mass is 10.1. The Morgan fingerprint density at radius 2 is 2.05 bits per heavy atom. The van der Waals surface area contributed by atoms with Crippen LogP contribution in [0.25, 0.3) is 0 Å². The molecule has 0 saturated carbocycles. The second-order valence-corrected chi connectivity index (χ2v) is 5.86. The molecule has 1 aromatic carbocycles. The number of ether oxygens (including phenoxy) is 2. The molecule has 0 aliphatic rings. The molecule has 1 rings (SSSR count). The SMILES string of the molecule is CNC(CS(=O)CCCOC)c1ccccc1OC. The van der Waals surface area contributed by atoms with Gasteiger partial charge in [0.15, 0.2) is 0 Å². The lowest BCUT2D eigenvalue weighted by Crippen LogP contribution is -2.24. The van der Waals surface area contributed by atoms with Crippen molar-refractivity contribution in [1.29, 1.82) is 0 Å². The number of rotatable bonds is 9. The van der Waals surface area contributed by atoms with Gasteiger partial charge in [-0.25, -0.2) is 0 Å². The normalized spacial score (nSPS) is 14.1. The van der Waals surface area contributed by atoms with Gasteiger partial charge >= 0.3 is 0 Å². The molecule has 0 bridgehead atoms. The summed E-state index contributed by atoms with van der Waals surface area (Å²) >= 11 is 0. The molecule has 0 aromatic heterocycles. The number of hydrogen-bond acceptors (Lipinski definition) is 4. The summed E-state index contributed by atoms with van der Waals surface area (Å²) in [6.07, 6.45) is 0.825. The fraction of sp³-hybridized carbons (Fsp3) is 0.571. The van der Waals surface area contributed by atoms with Gasteiger partial charge in [0, 0.05) is 47.6 Å². The summed E-state index contributed by atoms with van der Waals surface area (Å²) in [5.41, 5.74) is 1.05. The van der Waals surface area contributed by atoms with Gasteiger partial charge in [-0.15, -0.1) is 0 Å². The summed E-state index contributed by atoms with van der Waals surface area (Å²) in [6.45, 7) is 0.657. The second-order valence-electron chi connectivity index (χ2n) is 4.24. The van der Waals surface area contributed by atoms with E-state index in [-0.39, 0.29) is 6.04 Å². The molecule has 0 aliphatic carbocycles. The standard InChI is InChI=1S/C14H23NO3S/c1-15-13(11-19(16)10-6-9-17-2)12-7-4-5-8-14(12)18-3/h4-5,7-8,13,15H,6,9-11H2,1-3H3. The van der Waals surface area contributed by atoms with Gasteiger partial charge in [-0.2, -0.15) is 0 Å². The van der Waals surface area contributed by atoms with Crippen LogP contribution in [0, 0.1) is 0 Å². The van der Waals surface area contributed by atoms with Crippen LogP contribution < -0.4 is 10.1 Å². The average Bonchev–Trinajstić information content (AvgIpc) is 2.45. The minimum absolute atomic E-state index is 0.0412. The predicted octanol–water partition coefficient (Wildman–Crippen LogP) is 1.74. The van der Waals surface area contributed by atoms with Crippen molar-refractivity contribution in [3.8, 4) is 5.75 Å². The van der Waals surface area contributed by atoms with Crippen molar-refractivity contribution in [2.24, 2.45) is 0 Å². The van der Waals surface area contributed by atoms with Crippen LogP contribution in [0.15, 0.2) is 24.3 Å². The number of nitrogens with one attached hydrogen (secondary N) is 1. The Labute approximate surface area is 118 Å². The summed E-state index contributed by atoms with van der Waals surface area (Å²) in [5, 5.41) is 3.21. The van der Waals surface area contributed by atoms with E-state index >= 15 is 0 Å². The molecular weight excluding hydrogens is 262 g/mol. The molecule has 0 heterocycles. The van der Waals surface area contributed by atoms with E-state index in [0.717, 1.165) is 17.7 Å². The van der Waals surface area contributed by atoms with Crippen molar-refractivity contribution in [1.82, 2.24) is 5.32 Å². The maximum atomic E-state index is 12.0. The van der Waals surface area contributed by atoms with Crippen LogP contribution in [0.4, 0.5) is 0 Å². The summed E-state index contributed by atoms with van der Waals surface area (Å²) < 4.78 is 22.4. The minimum atomic E-state index is -0.860. The molecule has 2 unspecified atom stereocenters. The summed E-state index contributed by atoms with van der Waals surface area (Å²) in [4.78, 5) is 0. The number of methoxy groups -OCH3 is 2. The Bertz CT molecular complexity index is 398. The molecule has 0 radical (unpaired) electrons. The Morgan fingerprint density at radius 1 is 1.32 bits per heavy atom. The number of hydrogen-bond donors (Lipinski definition) is 1. The summed E-state index contributed by atoms with van der Waals surface area (Å²) in [6, 6.07) is 7.88. The molecule has 19 heavy (non-hydrogen) atoms. The number of para-hydroxylation sites is 1. The molecule has 5 heteroatoms. The quantitative estimate of drug-likeness (QED) is 0.702. The van der Waals surface area contributed by atoms with Crippen molar-refractivity contribution < 1.29 is 13.7 Å². The first kappa shape index (κ1) is 16.1. The van der Waals surface area contributed by atoms with Gasteiger partial charge in [-0.05, 0) is 19.5 Å². The highest BCUT2D eigenvalue weighted by Crippen LogP contribution is 2.25. The second kappa shape index (κ2) is 9.07. The third-order valence-electron chi connectivity index (χ3n) is 2.94. The van der Waals surface area contributed by atoms with Crippen LogP contribution in [0.5, 0.6) is 5.75 Å². The Hall–Kier alpha value is -0.910. The first-order valence-corrected chi connectivity index (χ1v) is 7.85. The Kier molecular flexibility index (Phi) is 7.70. The minimum Gasteiger partial charge on any atom is -0.496 e. The zero-order valence-corrected chi connectivity index (χ0v) is 12.7. The smallest absolute Gasteiger partial charge is 0.123 e. The largest absolute Gasteiger partial charge is 0.496 e. The van der Waals surface area contributed by atoms with Crippen LogP contribution in [-0.2, 0) is 15.5 Å². The third-order valence-corrected chi connectivity index (χ3v) is 4.38. The van der Waals surface area contributed by atoms with Crippen LogP contribution in [0.3, 0.4) is 0 Å². The zero-order chi connectivity index (χ0) is 14.1. The van der Waals surface area contributed by atoms with Crippen LogP contribution in [0.1, 0.15) is 18.0 Å². The van der Waals surface area contributed by atoms with Crippen molar-refractivity contribution >= 4 is 10.8 Å². The van der Waals surface area contributed by atoms with E-state index in [2.05, 4.69) is 5.32 Å². The molecular formula is C14H23NO3S. The fourth-order valence-corrected chi connectivity index (χ4v) is 3.24. The van der Waals surface area contributed by atoms with Gasteiger partial charge in [0.1, 0.15) is 5.75 Å². The van der Waals surface area contributed by atoms with E-state index < -0.39 is 10.8 Å². The molecule has 1 aromatic rings. The van der Waals surface area contributed by atoms with E-state index in [1.807, 2.05) is 31.3 Å². The molecule has 0 saturated heterocycles. The lowest BCUT2D eigenvalue weighted by molar-refractivity contribution is 0.200. The zero-order valence-electron chi connectivity index (χ0n) is 11.8. The van der Waals surface area contributed by atoms with Gasteiger partial charge < -0.3 is 14.8 Å². The van der Waals surface area contributed by atoms with Crippen molar-refractivity contribution in [3.05, 3.63) is 29.8 Å². The molecule has 2 atom stereocenters. The average molecular weight is 285 g/mol. The maximum Gasteiger partial charge on any atom is 0.123 e. The summed E-state index contributed by atoms with van der Waals surface area (Å²) in [5.74, 6) is 2.08. The first-order valence-electron chi connectivity index (χ1n) is 6.37. The fourth-order valence-electron chi connectivity index (χ4n) is 1.92. The molecule has 0 amide bonds. The highest BCUT2D eigenvalue weighted by molar-refractivity contribution is 7.85. The highest BCUT2D eigenvalue weighted by atomic mass is 32.2. The molecule has 0 aliphatic heterocycles. The lowest BCUT2D eigenvalue weighted by Gasteiger charge is -2.19. The Balaban J connectivity index is 2.64. The topological polar surface area (TPSA) is 47.6 Å². The van der Waals surface area contributed by atoms with Crippen LogP contribution >= 0.6 is 0 Å². The van der Waals surface area contributed by atoms with E-state index in [4.69, 9.17) is 9.47 Å². The molecule has 4 nitrogen and oxygen atoms in total. The van der Waals surface area contributed by atoms with E-state index in [0.29, 0.717) is 18.1 Å². The molecule has 0 fully saturated rings. The van der Waals surface area contributed by atoms with E-state index in [1.54, 1.807) is 14.2 Å². The number of benzene rings is 1. The van der Waals surface area contributed by atoms with Gasteiger partial charge in [0.2, 0.25) is 0 Å². The first-order chi connectivity index (χ1) is 9.22. The molecule has 0 spiro atoms. The summed E-state index contributed by atoms with van der Waals surface area (Å²) in [7, 11) is 4.33. The Morgan fingerprint density at radius 3 is 2.68 bits per heavy atom. The third kappa shape index (κ3) is 5.30. The highest BCUT2D eigenvalue weighted by Gasteiger charge is 2.16. The van der Waals surface area contributed by atoms with E-state index in [1.165, 1.54) is 0 Å². The predicted molar refractivity (Wildman–Crippen MR) is 79.2 cm³/mol. The van der Waals surface area contributed by atoms with Gasteiger partial charge in [-0.3, -0.25) is 4.21 Å². The van der Waals surface area contributed by atoms with Crippen LogP contribution in [-0.4, -0.2) is 43.6 Å². The van der Waals surface area contributed by atoms with Gasteiger partial charge in [0.05, 0.1) is 7.11 Å². The monoisotopic (exact) mass is 285 g/mol. The van der Waals surface area contributed by atoms with E-state index in [9.17, 15) is 4.21 Å². The molecule has 1 N–H and O–H groups in total. The maximum absolute atomic E-state index is 12.0. The molecule has 108 valence electrons. The van der Waals surface area contributed by atoms with Crippen molar-refractivity contribution in [2.45, 2.75) is 12.5 Å². The van der Waals surface area contributed by atoms with Gasteiger partial charge in [0.25, 0.3) is 0 Å². The van der Waals surface area contributed by atoms with Crippen LogP contribution in [0.2, 0.25) is 0 Å². The van der Waals surface area contributed by atoms with Gasteiger partial charge in [-0.1, -0.05) is 18.2 Å². The van der Waals surface area contributed by atoms with Crippen molar-refractivity contribution in [3.63, 3.8) is 0 Å².